The fraction of sp³-hybridized carbons (Fsp3) is 0.364. The Morgan fingerprint density at radius 1 is 1.29 bits per heavy atom. The van der Waals surface area contributed by atoms with Crippen LogP contribution in [0.2, 0.25) is 0 Å². The van der Waals surface area contributed by atoms with Crippen molar-refractivity contribution in [1.82, 2.24) is 8.75 Å². The molecule has 0 aliphatic carbocycles. The van der Waals surface area contributed by atoms with E-state index in [0.717, 1.165) is 16.6 Å². The SMILES string of the molecule is CC.CCN=C(N)c1ccc2nsnc2c1.[V]. The Bertz CT molecular complexity index is 481. The molecule has 0 fully saturated rings. The first-order chi connectivity index (χ1) is 7.81. The molecule has 17 heavy (non-hydrogen) atoms. The molecule has 2 aromatic rings. The van der Waals surface area contributed by atoms with Gasteiger partial charge in [0.15, 0.2) is 0 Å². The molecule has 1 radical (unpaired) electrons. The largest absolute Gasteiger partial charge is 0.384 e. The number of nitrogens with two attached hydrogens (primary N) is 1. The molecule has 2 rings (SSSR count). The first-order valence-electron chi connectivity index (χ1n) is 5.34. The number of benzene rings is 1. The van der Waals surface area contributed by atoms with Gasteiger partial charge in [0, 0.05) is 30.7 Å². The summed E-state index contributed by atoms with van der Waals surface area (Å²) in [6, 6.07) is 5.73. The van der Waals surface area contributed by atoms with Gasteiger partial charge < -0.3 is 5.73 Å². The number of amidine groups is 1. The maximum Gasteiger partial charge on any atom is 0.125 e. The Balaban J connectivity index is 0.000000811. The molecule has 1 aromatic carbocycles. The summed E-state index contributed by atoms with van der Waals surface area (Å²) >= 11 is 1.21. The summed E-state index contributed by atoms with van der Waals surface area (Å²) in [5.74, 6) is 0.558. The summed E-state index contributed by atoms with van der Waals surface area (Å²) in [5, 5.41) is 0. The fourth-order valence-corrected chi connectivity index (χ4v) is 1.72. The normalized spacial score (nSPS) is 10.4. The topological polar surface area (TPSA) is 64.2 Å². The maximum absolute atomic E-state index is 5.77. The van der Waals surface area contributed by atoms with Crippen LogP contribution in [0.1, 0.15) is 26.3 Å². The summed E-state index contributed by atoms with van der Waals surface area (Å²) in [6.45, 7) is 6.65. The Labute approximate surface area is 118 Å². The number of nitrogens with zero attached hydrogens (tertiary/aromatic N) is 3. The van der Waals surface area contributed by atoms with Crippen LogP contribution >= 0.6 is 11.7 Å². The fourth-order valence-electron chi connectivity index (χ4n) is 1.20. The second-order valence-electron chi connectivity index (χ2n) is 2.83. The van der Waals surface area contributed by atoms with Gasteiger partial charge in [-0.3, -0.25) is 4.99 Å². The molecule has 6 heteroatoms. The van der Waals surface area contributed by atoms with Gasteiger partial charge >= 0.3 is 0 Å². The average Bonchev–Trinajstić information content (AvgIpc) is 2.79. The molecule has 0 amide bonds. The second-order valence-corrected chi connectivity index (χ2v) is 3.36. The molecule has 4 nitrogen and oxygen atoms in total. The Morgan fingerprint density at radius 2 is 1.94 bits per heavy atom. The quantitative estimate of drug-likeness (QED) is 0.681. The first kappa shape index (κ1) is 16.1. The minimum atomic E-state index is 0. The number of aromatic nitrogens is 2. The Kier molecular flexibility index (Phi) is 7.79. The maximum atomic E-state index is 5.77. The van der Waals surface area contributed by atoms with Crippen LogP contribution in [-0.4, -0.2) is 21.1 Å². The van der Waals surface area contributed by atoms with E-state index >= 15 is 0 Å². The van der Waals surface area contributed by atoms with Gasteiger partial charge in [-0.1, -0.05) is 13.8 Å². The van der Waals surface area contributed by atoms with Crippen LogP contribution in [-0.2, 0) is 18.6 Å². The number of rotatable bonds is 2. The summed E-state index contributed by atoms with van der Waals surface area (Å²) in [6.07, 6.45) is 0. The monoisotopic (exact) mass is 287 g/mol. The van der Waals surface area contributed by atoms with Crippen molar-refractivity contribution in [2.24, 2.45) is 10.7 Å². The van der Waals surface area contributed by atoms with Crippen molar-refractivity contribution in [1.29, 1.82) is 0 Å². The van der Waals surface area contributed by atoms with E-state index in [0.29, 0.717) is 12.4 Å². The van der Waals surface area contributed by atoms with E-state index in [1.807, 2.05) is 39.0 Å². The van der Waals surface area contributed by atoms with Gasteiger partial charge in [-0.15, -0.1) is 0 Å². The van der Waals surface area contributed by atoms with E-state index in [1.165, 1.54) is 11.7 Å². The van der Waals surface area contributed by atoms with E-state index in [1.54, 1.807) is 0 Å². The van der Waals surface area contributed by atoms with Crippen LogP contribution in [0.25, 0.3) is 11.0 Å². The predicted octanol–water partition coefficient (Wildman–Crippen LogP) is 2.44. The van der Waals surface area contributed by atoms with Crippen molar-refractivity contribution in [3.05, 3.63) is 23.8 Å². The molecule has 1 aromatic heterocycles. The zero-order chi connectivity index (χ0) is 12.0. The molecule has 0 unspecified atom stereocenters. The summed E-state index contributed by atoms with van der Waals surface area (Å²) in [7, 11) is 0. The van der Waals surface area contributed by atoms with Gasteiger partial charge in [-0.2, -0.15) is 8.75 Å². The molecule has 0 aliphatic heterocycles. The number of hydrogen-bond acceptors (Lipinski definition) is 4. The van der Waals surface area contributed by atoms with E-state index in [2.05, 4.69) is 13.7 Å². The number of hydrogen-bond donors (Lipinski definition) is 1. The molecular weight excluding hydrogens is 271 g/mol. The van der Waals surface area contributed by atoms with Gasteiger partial charge in [0.25, 0.3) is 0 Å². The van der Waals surface area contributed by atoms with Crippen LogP contribution < -0.4 is 5.73 Å². The van der Waals surface area contributed by atoms with E-state index in [-0.39, 0.29) is 18.6 Å². The Morgan fingerprint density at radius 3 is 2.59 bits per heavy atom. The number of fused-ring (bicyclic) bond motifs is 1. The van der Waals surface area contributed by atoms with Crippen molar-refractivity contribution < 1.29 is 18.6 Å². The van der Waals surface area contributed by atoms with Crippen molar-refractivity contribution in [3.8, 4) is 0 Å². The predicted molar refractivity (Wildman–Crippen MR) is 70.0 cm³/mol. The second kappa shape index (κ2) is 8.22. The van der Waals surface area contributed by atoms with E-state index in [4.69, 9.17) is 5.73 Å². The van der Waals surface area contributed by atoms with Crippen LogP contribution in [0.3, 0.4) is 0 Å². The molecule has 0 saturated carbocycles. The first-order valence-corrected chi connectivity index (χ1v) is 6.07. The van der Waals surface area contributed by atoms with Crippen LogP contribution in [0, 0.1) is 0 Å². The van der Waals surface area contributed by atoms with Crippen molar-refractivity contribution >= 4 is 28.6 Å². The third-order valence-electron chi connectivity index (χ3n) is 1.88. The smallest absolute Gasteiger partial charge is 0.125 e. The van der Waals surface area contributed by atoms with E-state index in [9.17, 15) is 0 Å². The molecule has 91 valence electrons. The average molecular weight is 287 g/mol. The summed E-state index contributed by atoms with van der Waals surface area (Å²) in [5.41, 5.74) is 8.46. The number of aliphatic imine (C=N–C) groups is 1. The van der Waals surface area contributed by atoms with Gasteiger partial charge in [-0.05, 0) is 25.1 Å². The molecule has 2 N–H and O–H groups in total. The molecule has 0 aliphatic rings. The third kappa shape index (κ3) is 4.11. The minimum Gasteiger partial charge on any atom is -0.384 e. The zero-order valence-electron chi connectivity index (χ0n) is 10.2. The molecule has 0 spiro atoms. The molecule has 0 saturated heterocycles. The minimum absolute atomic E-state index is 0. The molecule has 0 bridgehead atoms. The summed E-state index contributed by atoms with van der Waals surface area (Å²) in [4.78, 5) is 4.14. The van der Waals surface area contributed by atoms with Crippen molar-refractivity contribution in [2.75, 3.05) is 6.54 Å². The van der Waals surface area contributed by atoms with Gasteiger partial charge in [-0.25, -0.2) is 0 Å². The van der Waals surface area contributed by atoms with Crippen molar-refractivity contribution in [3.63, 3.8) is 0 Å². The third-order valence-corrected chi connectivity index (χ3v) is 2.43. The van der Waals surface area contributed by atoms with Gasteiger partial charge in [0.05, 0.1) is 11.7 Å². The standard InChI is InChI=1S/C9H10N4S.C2H6.V/c1-2-11-9(10)6-3-4-7-8(5-6)13-14-12-7;1-2;/h3-5H,2H2,1H3,(H2,10,11);1-2H3;. The molecule has 1 heterocycles. The van der Waals surface area contributed by atoms with Gasteiger partial charge in [0.2, 0.25) is 0 Å². The van der Waals surface area contributed by atoms with Crippen molar-refractivity contribution in [2.45, 2.75) is 20.8 Å². The van der Waals surface area contributed by atoms with Crippen LogP contribution in [0.5, 0.6) is 0 Å². The summed E-state index contributed by atoms with van der Waals surface area (Å²) < 4.78 is 8.26. The van der Waals surface area contributed by atoms with Crippen LogP contribution in [0.15, 0.2) is 23.2 Å². The molecular formula is C11H16N4SV. The van der Waals surface area contributed by atoms with Crippen LogP contribution in [0.4, 0.5) is 0 Å². The molecule has 0 atom stereocenters. The van der Waals surface area contributed by atoms with E-state index < -0.39 is 0 Å². The zero-order valence-corrected chi connectivity index (χ0v) is 12.4. The van der Waals surface area contributed by atoms with Gasteiger partial charge in [0.1, 0.15) is 16.9 Å². The Hall–Kier alpha value is -0.906.